The van der Waals surface area contributed by atoms with Gasteiger partial charge in [0.1, 0.15) is 0 Å². The van der Waals surface area contributed by atoms with Crippen LogP contribution in [0.3, 0.4) is 0 Å². The van der Waals surface area contributed by atoms with Crippen molar-refractivity contribution in [2.45, 2.75) is 0 Å². The van der Waals surface area contributed by atoms with Gasteiger partial charge in [-0.25, -0.2) is 0 Å². The van der Waals surface area contributed by atoms with Crippen molar-refractivity contribution in [1.82, 2.24) is 0 Å². The molecule has 59 heavy (non-hydrogen) atoms. The number of benzene rings is 10. The third-order valence-electron chi connectivity index (χ3n) is 11.3. The minimum absolute atomic E-state index is 1.08. The first-order chi connectivity index (χ1) is 29.3. The summed E-state index contributed by atoms with van der Waals surface area (Å²) < 4.78 is 0. The van der Waals surface area contributed by atoms with Crippen LogP contribution in [-0.4, -0.2) is 0 Å². The molecule has 0 aliphatic carbocycles. The van der Waals surface area contributed by atoms with Gasteiger partial charge in [-0.3, -0.25) is 0 Å². The van der Waals surface area contributed by atoms with E-state index in [9.17, 15) is 0 Å². The van der Waals surface area contributed by atoms with Crippen molar-refractivity contribution < 1.29 is 0 Å². The highest BCUT2D eigenvalue weighted by Crippen LogP contribution is 2.48. The van der Waals surface area contributed by atoms with Crippen LogP contribution in [0.4, 0.5) is 17.1 Å². The highest BCUT2D eigenvalue weighted by molar-refractivity contribution is 6.00. The molecule has 1 heteroatoms. The normalized spacial score (nSPS) is 11.1. The van der Waals surface area contributed by atoms with E-state index in [2.05, 4.69) is 254 Å². The molecule has 0 amide bonds. The second-order valence-corrected chi connectivity index (χ2v) is 14.8. The van der Waals surface area contributed by atoms with Crippen LogP contribution in [0.2, 0.25) is 0 Å². The zero-order valence-electron chi connectivity index (χ0n) is 32.6. The van der Waals surface area contributed by atoms with E-state index in [1.807, 2.05) is 0 Å². The Labute approximate surface area is 346 Å². The van der Waals surface area contributed by atoms with Crippen LogP contribution in [0, 0.1) is 0 Å². The second kappa shape index (κ2) is 16.0. The van der Waals surface area contributed by atoms with Gasteiger partial charge in [0.15, 0.2) is 0 Å². The van der Waals surface area contributed by atoms with Gasteiger partial charge >= 0.3 is 0 Å². The average Bonchev–Trinajstić information content (AvgIpc) is 3.33. The van der Waals surface area contributed by atoms with E-state index in [0.29, 0.717) is 0 Å². The molecule has 0 fully saturated rings. The van der Waals surface area contributed by atoms with Crippen LogP contribution in [-0.2, 0) is 0 Å². The molecular formula is C58H41N. The first-order valence-electron chi connectivity index (χ1n) is 20.3. The van der Waals surface area contributed by atoms with Gasteiger partial charge in [0.25, 0.3) is 0 Å². The lowest BCUT2D eigenvalue weighted by Crippen LogP contribution is -2.12. The third-order valence-corrected chi connectivity index (χ3v) is 11.3. The molecule has 0 bridgehead atoms. The molecule has 278 valence electrons. The molecule has 10 aromatic carbocycles. The van der Waals surface area contributed by atoms with Gasteiger partial charge in [-0.05, 0) is 90.7 Å². The smallest absolute Gasteiger partial charge is 0.0618 e. The van der Waals surface area contributed by atoms with Crippen molar-refractivity contribution in [3.05, 3.63) is 249 Å². The second-order valence-electron chi connectivity index (χ2n) is 14.8. The number of nitrogens with zero attached hydrogens (tertiary/aromatic N) is 1. The number of hydrogen-bond donors (Lipinski definition) is 0. The Kier molecular flexibility index (Phi) is 9.68. The number of anilines is 3. The Hall–Kier alpha value is -7.74. The topological polar surface area (TPSA) is 3.24 Å². The van der Waals surface area contributed by atoms with E-state index >= 15 is 0 Å². The van der Waals surface area contributed by atoms with Gasteiger partial charge in [-0.1, -0.05) is 224 Å². The monoisotopic (exact) mass is 751 g/mol. The molecule has 0 aromatic heterocycles. The molecule has 10 aromatic rings. The van der Waals surface area contributed by atoms with E-state index in [4.69, 9.17) is 0 Å². The van der Waals surface area contributed by atoms with Crippen LogP contribution in [0.5, 0.6) is 0 Å². The summed E-state index contributed by atoms with van der Waals surface area (Å²) in [7, 11) is 0. The van der Waals surface area contributed by atoms with Gasteiger partial charge < -0.3 is 4.90 Å². The summed E-state index contributed by atoms with van der Waals surface area (Å²) in [6.45, 7) is 0. The highest BCUT2D eigenvalue weighted by atomic mass is 15.1. The summed E-state index contributed by atoms with van der Waals surface area (Å²) in [6, 6.07) is 89.8. The summed E-state index contributed by atoms with van der Waals surface area (Å²) >= 11 is 0. The maximum atomic E-state index is 2.44. The van der Waals surface area contributed by atoms with Crippen molar-refractivity contribution in [2.24, 2.45) is 0 Å². The summed E-state index contributed by atoms with van der Waals surface area (Å²) in [4.78, 5) is 2.44. The lowest BCUT2D eigenvalue weighted by atomic mass is 9.89. The van der Waals surface area contributed by atoms with Crippen LogP contribution < -0.4 is 4.90 Å². The summed E-state index contributed by atoms with van der Waals surface area (Å²) in [5.41, 5.74) is 17.6. The largest absolute Gasteiger partial charge is 0.309 e. The van der Waals surface area contributed by atoms with Gasteiger partial charge in [0.2, 0.25) is 0 Å². The zero-order valence-corrected chi connectivity index (χ0v) is 32.6. The summed E-state index contributed by atoms with van der Waals surface area (Å²) in [5.74, 6) is 0. The van der Waals surface area contributed by atoms with Crippen LogP contribution in [0.1, 0.15) is 0 Å². The van der Waals surface area contributed by atoms with Crippen molar-refractivity contribution in [3.8, 4) is 66.8 Å². The van der Waals surface area contributed by atoms with Crippen molar-refractivity contribution in [2.75, 3.05) is 4.90 Å². The molecule has 0 unspecified atom stereocenters. The Balaban J connectivity index is 1.14. The first kappa shape index (κ1) is 35.7. The fourth-order valence-electron chi connectivity index (χ4n) is 8.51. The Morgan fingerprint density at radius 3 is 1.03 bits per heavy atom. The molecule has 0 heterocycles. The molecule has 0 N–H and O–H groups in total. The van der Waals surface area contributed by atoms with Crippen LogP contribution in [0.15, 0.2) is 249 Å². The lowest BCUT2D eigenvalue weighted by molar-refractivity contribution is 1.28. The fourth-order valence-corrected chi connectivity index (χ4v) is 8.51. The van der Waals surface area contributed by atoms with E-state index in [1.165, 1.54) is 60.8 Å². The van der Waals surface area contributed by atoms with E-state index < -0.39 is 0 Å². The quantitative estimate of drug-likeness (QED) is 0.142. The third kappa shape index (κ3) is 7.01. The maximum absolute atomic E-state index is 2.44. The predicted octanol–water partition coefficient (Wildman–Crippen LogP) is 16.3. The minimum atomic E-state index is 1.08. The standard InChI is InChI=1S/C58H41N/c1-4-18-42(19-5-1)52-27-12-14-29-56(52)57-30-15-13-28-53(57)47-36-40-49(41-37-47)59(48-38-34-46(35-39-48)51-31-16-25-43-24-10-11-26-50(43)51)58-54(44-20-6-2-7-21-44)32-17-33-55(58)45-22-8-3-9-23-45/h1-41H. The van der Waals surface area contributed by atoms with Crippen molar-refractivity contribution in [3.63, 3.8) is 0 Å². The van der Waals surface area contributed by atoms with Gasteiger partial charge in [0.05, 0.1) is 5.69 Å². The first-order valence-corrected chi connectivity index (χ1v) is 20.3. The fraction of sp³-hybridized carbons (Fsp3) is 0. The Morgan fingerprint density at radius 1 is 0.203 bits per heavy atom. The molecular weight excluding hydrogens is 711 g/mol. The van der Waals surface area contributed by atoms with Gasteiger partial charge in [-0.15, -0.1) is 0 Å². The molecule has 10 rings (SSSR count). The maximum Gasteiger partial charge on any atom is 0.0618 e. The molecule has 0 aliphatic rings. The molecule has 0 saturated carbocycles. The molecule has 1 nitrogen and oxygen atoms in total. The van der Waals surface area contributed by atoms with Crippen LogP contribution in [0.25, 0.3) is 77.5 Å². The molecule has 0 spiro atoms. The zero-order chi connectivity index (χ0) is 39.4. The summed E-state index contributed by atoms with van der Waals surface area (Å²) in [5, 5.41) is 2.49. The van der Waals surface area contributed by atoms with Gasteiger partial charge in [-0.2, -0.15) is 0 Å². The molecule has 0 atom stereocenters. The number of hydrogen-bond acceptors (Lipinski definition) is 1. The number of para-hydroxylation sites is 1. The van der Waals surface area contributed by atoms with Crippen molar-refractivity contribution >= 4 is 27.8 Å². The summed E-state index contributed by atoms with van der Waals surface area (Å²) in [6.07, 6.45) is 0. The number of fused-ring (bicyclic) bond motifs is 1. The molecule has 0 aliphatic heterocycles. The van der Waals surface area contributed by atoms with Crippen LogP contribution >= 0.6 is 0 Å². The minimum Gasteiger partial charge on any atom is -0.309 e. The van der Waals surface area contributed by atoms with Crippen molar-refractivity contribution in [1.29, 1.82) is 0 Å². The van der Waals surface area contributed by atoms with E-state index in [-0.39, 0.29) is 0 Å². The molecule has 0 saturated heterocycles. The Morgan fingerprint density at radius 2 is 0.525 bits per heavy atom. The predicted molar refractivity (Wildman–Crippen MR) is 251 cm³/mol. The highest BCUT2D eigenvalue weighted by Gasteiger charge is 2.22. The number of rotatable bonds is 9. The molecule has 0 radical (unpaired) electrons. The SMILES string of the molecule is c1ccc(-c2ccccc2-c2ccccc2-c2ccc(N(c3ccc(-c4cccc5ccccc45)cc3)c3c(-c4ccccc4)cccc3-c3ccccc3)cc2)cc1. The van der Waals surface area contributed by atoms with E-state index in [1.54, 1.807) is 0 Å². The Bertz CT molecular complexity index is 2940. The van der Waals surface area contributed by atoms with E-state index in [0.717, 1.165) is 33.8 Å². The average molecular weight is 752 g/mol. The lowest BCUT2D eigenvalue weighted by Gasteiger charge is -2.31. The van der Waals surface area contributed by atoms with Gasteiger partial charge in [0, 0.05) is 22.5 Å².